The molecule has 4 unspecified atom stereocenters. The van der Waals surface area contributed by atoms with Crippen molar-refractivity contribution in [3.63, 3.8) is 0 Å². The molecule has 82 valence electrons. The topological polar surface area (TPSA) is 21.3 Å². The molecular formula is C12H23NO. The zero-order valence-electron chi connectivity index (χ0n) is 9.84. The summed E-state index contributed by atoms with van der Waals surface area (Å²) in [6.07, 6.45) is 1.40. The Morgan fingerprint density at radius 2 is 2.07 bits per heavy atom. The molecule has 2 fully saturated rings. The molecule has 0 radical (unpaired) electrons. The maximum absolute atomic E-state index is 5.54. The highest BCUT2D eigenvalue weighted by Gasteiger charge is 2.41. The minimum atomic E-state index is 0.312. The van der Waals surface area contributed by atoms with Crippen molar-refractivity contribution >= 4 is 0 Å². The van der Waals surface area contributed by atoms with Gasteiger partial charge in [0.05, 0.1) is 13.2 Å². The number of ether oxygens (including phenoxy) is 1. The van der Waals surface area contributed by atoms with Crippen LogP contribution in [0.1, 0.15) is 34.1 Å². The van der Waals surface area contributed by atoms with Crippen LogP contribution in [0.25, 0.3) is 0 Å². The Balaban J connectivity index is 1.85. The average Bonchev–Trinajstić information content (AvgIpc) is 2.72. The highest BCUT2D eigenvalue weighted by molar-refractivity contribution is 4.96. The fourth-order valence-electron chi connectivity index (χ4n) is 2.53. The van der Waals surface area contributed by atoms with Crippen LogP contribution in [0.15, 0.2) is 0 Å². The third-order valence-electron chi connectivity index (χ3n) is 3.98. The normalized spacial score (nSPS) is 42.4. The van der Waals surface area contributed by atoms with Gasteiger partial charge in [-0.05, 0) is 25.2 Å². The lowest BCUT2D eigenvalue weighted by Crippen LogP contribution is -2.46. The predicted octanol–water partition coefficient (Wildman–Crippen LogP) is 2.05. The maximum Gasteiger partial charge on any atom is 0.0626 e. The van der Waals surface area contributed by atoms with Gasteiger partial charge in [-0.3, -0.25) is 0 Å². The number of nitrogens with one attached hydrogen (secondary N) is 1. The molecule has 2 rings (SSSR count). The molecule has 0 aromatic heterocycles. The van der Waals surface area contributed by atoms with Crippen LogP contribution >= 0.6 is 0 Å². The van der Waals surface area contributed by atoms with Crippen molar-refractivity contribution in [2.45, 2.75) is 46.2 Å². The van der Waals surface area contributed by atoms with Gasteiger partial charge in [0, 0.05) is 17.5 Å². The van der Waals surface area contributed by atoms with Crippen LogP contribution in [0.4, 0.5) is 0 Å². The van der Waals surface area contributed by atoms with Crippen LogP contribution in [0.2, 0.25) is 0 Å². The average molecular weight is 197 g/mol. The van der Waals surface area contributed by atoms with Crippen molar-refractivity contribution in [3.05, 3.63) is 0 Å². The molecule has 0 aromatic carbocycles. The van der Waals surface area contributed by atoms with E-state index in [-0.39, 0.29) is 0 Å². The molecule has 1 aliphatic carbocycles. The van der Waals surface area contributed by atoms with E-state index >= 15 is 0 Å². The zero-order valence-corrected chi connectivity index (χ0v) is 9.84. The Kier molecular flexibility index (Phi) is 2.61. The largest absolute Gasteiger partial charge is 0.379 e. The SMILES string of the molecule is CC1CC1C(C)NC1COCC1(C)C. The second-order valence-corrected chi connectivity index (χ2v) is 5.89. The number of hydrogen-bond donors (Lipinski definition) is 1. The Labute approximate surface area is 87.4 Å². The van der Waals surface area contributed by atoms with Gasteiger partial charge in [0.1, 0.15) is 0 Å². The molecule has 0 bridgehead atoms. The molecule has 4 atom stereocenters. The van der Waals surface area contributed by atoms with Gasteiger partial charge in [-0.2, -0.15) is 0 Å². The molecule has 2 aliphatic rings. The van der Waals surface area contributed by atoms with E-state index in [0.717, 1.165) is 25.0 Å². The molecular weight excluding hydrogens is 174 g/mol. The van der Waals surface area contributed by atoms with Gasteiger partial charge in [0.2, 0.25) is 0 Å². The van der Waals surface area contributed by atoms with Gasteiger partial charge in [0.25, 0.3) is 0 Å². The lowest BCUT2D eigenvalue weighted by atomic mass is 9.87. The molecule has 1 saturated carbocycles. The van der Waals surface area contributed by atoms with Crippen LogP contribution < -0.4 is 5.32 Å². The van der Waals surface area contributed by atoms with Crippen molar-refractivity contribution in [1.82, 2.24) is 5.32 Å². The Morgan fingerprint density at radius 3 is 2.50 bits per heavy atom. The maximum atomic E-state index is 5.54. The zero-order chi connectivity index (χ0) is 10.3. The minimum absolute atomic E-state index is 0.312. The fraction of sp³-hybridized carbons (Fsp3) is 1.00. The standard InChI is InChI=1S/C12H23NO/c1-8-5-10(8)9(2)13-11-6-14-7-12(11,3)4/h8-11,13H,5-7H2,1-4H3. The Bertz CT molecular complexity index is 214. The third-order valence-corrected chi connectivity index (χ3v) is 3.98. The Morgan fingerprint density at radius 1 is 1.43 bits per heavy atom. The highest BCUT2D eigenvalue weighted by Crippen LogP contribution is 2.41. The molecule has 0 spiro atoms. The molecule has 1 saturated heterocycles. The van der Waals surface area contributed by atoms with Crippen LogP contribution in [0, 0.1) is 17.3 Å². The number of rotatable bonds is 3. The summed E-state index contributed by atoms with van der Waals surface area (Å²) in [5, 5.41) is 3.74. The summed E-state index contributed by atoms with van der Waals surface area (Å²) in [6, 6.07) is 1.21. The predicted molar refractivity (Wildman–Crippen MR) is 58.3 cm³/mol. The Hall–Kier alpha value is -0.0800. The van der Waals surface area contributed by atoms with E-state index in [9.17, 15) is 0 Å². The quantitative estimate of drug-likeness (QED) is 0.747. The first-order valence-electron chi connectivity index (χ1n) is 5.84. The monoisotopic (exact) mass is 197 g/mol. The summed E-state index contributed by atoms with van der Waals surface area (Å²) in [6.45, 7) is 11.0. The fourth-order valence-corrected chi connectivity index (χ4v) is 2.53. The van der Waals surface area contributed by atoms with E-state index < -0.39 is 0 Å². The van der Waals surface area contributed by atoms with Crippen LogP contribution in [-0.2, 0) is 4.74 Å². The van der Waals surface area contributed by atoms with E-state index in [2.05, 4.69) is 33.0 Å². The summed E-state index contributed by atoms with van der Waals surface area (Å²) < 4.78 is 5.54. The van der Waals surface area contributed by atoms with Gasteiger partial charge in [-0.25, -0.2) is 0 Å². The molecule has 2 nitrogen and oxygen atoms in total. The van der Waals surface area contributed by atoms with Gasteiger partial charge in [0.15, 0.2) is 0 Å². The summed E-state index contributed by atoms with van der Waals surface area (Å²) in [5.41, 5.74) is 0.312. The first-order valence-corrected chi connectivity index (χ1v) is 5.84. The first-order chi connectivity index (χ1) is 6.50. The van der Waals surface area contributed by atoms with E-state index in [1.54, 1.807) is 0 Å². The van der Waals surface area contributed by atoms with Gasteiger partial charge in [-0.1, -0.05) is 20.8 Å². The van der Waals surface area contributed by atoms with E-state index in [1.807, 2.05) is 0 Å². The number of hydrogen-bond acceptors (Lipinski definition) is 2. The lowest BCUT2D eigenvalue weighted by molar-refractivity contribution is 0.166. The summed E-state index contributed by atoms with van der Waals surface area (Å²) in [4.78, 5) is 0. The van der Waals surface area contributed by atoms with Crippen molar-refractivity contribution in [2.75, 3.05) is 13.2 Å². The molecule has 1 heterocycles. The lowest BCUT2D eigenvalue weighted by Gasteiger charge is -2.29. The minimum Gasteiger partial charge on any atom is -0.379 e. The van der Waals surface area contributed by atoms with E-state index in [0.29, 0.717) is 17.5 Å². The molecule has 0 amide bonds. The second kappa shape index (κ2) is 3.49. The molecule has 1 N–H and O–H groups in total. The smallest absolute Gasteiger partial charge is 0.0626 e. The molecule has 0 aromatic rings. The van der Waals surface area contributed by atoms with Gasteiger partial charge in [-0.15, -0.1) is 0 Å². The van der Waals surface area contributed by atoms with E-state index in [4.69, 9.17) is 4.74 Å². The van der Waals surface area contributed by atoms with Crippen molar-refractivity contribution < 1.29 is 4.74 Å². The van der Waals surface area contributed by atoms with Gasteiger partial charge >= 0.3 is 0 Å². The molecule has 1 aliphatic heterocycles. The van der Waals surface area contributed by atoms with E-state index in [1.165, 1.54) is 6.42 Å². The second-order valence-electron chi connectivity index (χ2n) is 5.89. The molecule has 2 heteroatoms. The van der Waals surface area contributed by atoms with Crippen LogP contribution in [-0.4, -0.2) is 25.3 Å². The third kappa shape index (κ3) is 1.96. The van der Waals surface area contributed by atoms with Gasteiger partial charge < -0.3 is 10.1 Å². The van der Waals surface area contributed by atoms with Crippen molar-refractivity contribution in [3.8, 4) is 0 Å². The summed E-state index contributed by atoms with van der Waals surface area (Å²) in [5.74, 6) is 1.84. The van der Waals surface area contributed by atoms with Crippen molar-refractivity contribution in [2.24, 2.45) is 17.3 Å². The first kappa shape index (κ1) is 10.4. The van der Waals surface area contributed by atoms with Crippen LogP contribution in [0.5, 0.6) is 0 Å². The van der Waals surface area contributed by atoms with Crippen molar-refractivity contribution in [1.29, 1.82) is 0 Å². The molecule has 14 heavy (non-hydrogen) atoms. The summed E-state index contributed by atoms with van der Waals surface area (Å²) >= 11 is 0. The summed E-state index contributed by atoms with van der Waals surface area (Å²) in [7, 11) is 0. The highest BCUT2D eigenvalue weighted by atomic mass is 16.5. The van der Waals surface area contributed by atoms with Crippen LogP contribution in [0.3, 0.4) is 0 Å².